The molecule has 1 amide bonds. The fraction of sp³-hybridized carbons (Fsp3) is 0.881. The van der Waals surface area contributed by atoms with Crippen LogP contribution in [0.25, 0.3) is 0 Å². The second-order valence-electron chi connectivity index (χ2n) is 20.6. The molecule has 0 heterocycles. The van der Waals surface area contributed by atoms with Crippen molar-refractivity contribution in [2.75, 3.05) is 6.61 Å². The normalized spacial score (nSPS) is 41.4. The molecular formula is C42H69NO6. The van der Waals surface area contributed by atoms with Crippen LogP contribution in [0.5, 0.6) is 0 Å². The number of carboxylic acids is 1. The van der Waals surface area contributed by atoms with E-state index in [1.165, 1.54) is 24.8 Å². The highest BCUT2D eigenvalue weighted by Crippen LogP contribution is 2.78. The maximum Gasteiger partial charge on any atom is 0.306 e. The maximum atomic E-state index is 13.6. The zero-order valence-corrected chi connectivity index (χ0v) is 32.6. The standard InChI is InChI=1S/C42H69NO6/c1-26(2)27-14-19-42(22-32(45)43-37(5,6)25-44)21-20-40(10)28(35(27)42)12-13-30-39(9)17-16-31(38(7,8)29(39)15-18-41(30,40)11)49-34(48)24-36(3,4)23-33(46)47/h27-31,35,44H,1,12-25H2,2-11H3,(H,43,45)(H,46,47)/t27-,28+,29?,30?,31-,35?,39-,40+,41+,42+/m0/s1. The number of carbonyl (C=O) groups excluding carboxylic acids is 2. The lowest BCUT2D eigenvalue weighted by Crippen LogP contribution is -2.67. The Labute approximate surface area is 297 Å². The number of nitrogens with one attached hydrogen (secondary N) is 1. The lowest BCUT2D eigenvalue weighted by Gasteiger charge is -2.73. The zero-order chi connectivity index (χ0) is 36.6. The molecule has 5 aliphatic carbocycles. The van der Waals surface area contributed by atoms with Gasteiger partial charge in [0.2, 0.25) is 5.91 Å². The summed E-state index contributed by atoms with van der Waals surface area (Å²) >= 11 is 0. The molecule has 0 aromatic rings. The first-order valence-electron chi connectivity index (χ1n) is 19.5. The van der Waals surface area contributed by atoms with Gasteiger partial charge in [0.15, 0.2) is 0 Å². The third-order valence-electron chi connectivity index (χ3n) is 16.1. The summed E-state index contributed by atoms with van der Waals surface area (Å²) in [5.74, 6) is 1.37. The average Bonchev–Trinajstić information content (AvgIpc) is 3.33. The second kappa shape index (κ2) is 12.7. The summed E-state index contributed by atoms with van der Waals surface area (Å²) in [6.45, 7) is 26.5. The molecule has 5 saturated carbocycles. The van der Waals surface area contributed by atoms with Crippen LogP contribution in [0.2, 0.25) is 0 Å². The molecule has 3 unspecified atom stereocenters. The largest absolute Gasteiger partial charge is 0.481 e. The van der Waals surface area contributed by atoms with E-state index in [1.807, 2.05) is 27.7 Å². The summed E-state index contributed by atoms with van der Waals surface area (Å²) in [7, 11) is 0. The molecule has 278 valence electrons. The van der Waals surface area contributed by atoms with E-state index >= 15 is 0 Å². The van der Waals surface area contributed by atoms with Gasteiger partial charge in [0.05, 0.1) is 25.0 Å². The first kappa shape index (κ1) is 38.3. The number of aliphatic carboxylic acids is 1. The molecule has 5 rings (SSSR count). The van der Waals surface area contributed by atoms with E-state index < -0.39 is 16.9 Å². The molecule has 49 heavy (non-hydrogen) atoms. The van der Waals surface area contributed by atoms with E-state index in [0.717, 1.165) is 44.9 Å². The molecule has 0 bridgehead atoms. The molecule has 0 aromatic heterocycles. The molecule has 0 aromatic carbocycles. The Morgan fingerprint density at radius 2 is 1.51 bits per heavy atom. The van der Waals surface area contributed by atoms with Crippen molar-refractivity contribution in [3.05, 3.63) is 12.2 Å². The fourth-order valence-electron chi connectivity index (χ4n) is 13.6. The van der Waals surface area contributed by atoms with Gasteiger partial charge >= 0.3 is 11.9 Å². The third-order valence-corrected chi connectivity index (χ3v) is 16.1. The molecule has 0 spiro atoms. The summed E-state index contributed by atoms with van der Waals surface area (Å²) in [6, 6.07) is 0. The lowest BCUT2D eigenvalue weighted by molar-refractivity contribution is -0.250. The van der Waals surface area contributed by atoms with Gasteiger partial charge in [-0.25, -0.2) is 0 Å². The van der Waals surface area contributed by atoms with Crippen molar-refractivity contribution in [2.24, 2.45) is 62.1 Å². The smallest absolute Gasteiger partial charge is 0.306 e. The van der Waals surface area contributed by atoms with Crippen LogP contribution >= 0.6 is 0 Å². The second-order valence-corrected chi connectivity index (χ2v) is 20.6. The maximum absolute atomic E-state index is 13.6. The van der Waals surface area contributed by atoms with Crippen LogP contribution in [-0.2, 0) is 19.1 Å². The minimum atomic E-state index is -0.889. The Hall–Kier alpha value is -1.89. The number of aliphatic hydroxyl groups is 1. The highest BCUT2D eigenvalue weighted by molar-refractivity contribution is 5.77. The third kappa shape index (κ3) is 6.43. The molecular weight excluding hydrogens is 614 g/mol. The quantitative estimate of drug-likeness (QED) is 0.157. The monoisotopic (exact) mass is 684 g/mol. The summed E-state index contributed by atoms with van der Waals surface area (Å²) in [5.41, 5.74) is 0.303. The van der Waals surface area contributed by atoms with Crippen molar-refractivity contribution in [2.45, 2.75) is 164 Å². The van der Waals surface area contributed by atoms with Crippen LogP contribution < -0.4 is 5.32 Å². The van der Waals surface area contributed by atoms with Gasteiger partial charge in [-0.05, 0) is 142 Å². The minimum absolute atomic E-state index is 0.0172. The van der Waals surface area contributed by atoms with Crippen molar-refractivity contribution in [1.29, 1.82) is 0 Å². The minimum Gasteiger partial charge on any atom is -0.481 e. The van der Waals surface area contributed by atoms with E-state index in [4.69, 9.17) is 4.74 Å². The molecule has 5 aliphatic rings. The van der Waals surface area contributed by atoms with Gasteiger partial charge in [-0.3, -0.25) is 14.4 Å². The molecule has 3 N–H and O–H groups in total. The number of rotatable bonds is 10. The van der Waals surface area contributed by atoms with Gasteiger partial charge < -0.3 is 20.3 Å². The van der Waals surface area contributed by atoms with E-state index in [1.54, 1.807) is 0 Å². The van der Waals surface area contributed by atoms with Gasteiger partial charge in [-0.15, -0.1) is 0 Å². The van der Waals surface area contributed by atoms with Gasteiger partial charge in [0, 0.05) is 11.8 Å². The van der Waals surface area contributed by atoms with Crippen molar-refractivity contribution < 1.29 is 29.3 Å². The fourth-order valence-corrected chi connectivity index (χ4v) is 13.6. The number of hydrogen-bond acceptors (Lipinski definition) is 5. The Kier molecular flexibility index (Phi) is 9.90. The van der Waals surface area contributed by atoms with Crippen LogP contribution in [-0.4, -0.2) is 46.3 Å². The van der Waals surface area contributed by atoms with E-state index in [2.05, 4.69) is 53.4 Å². The summed E-state index contributed by atoms with van der Waals surface area (Å²) in [5, 5.41) is 22.3. The highest BCUT2D eigenvalue weighted by atomic mass is 16.5. The Balaban J connectivity index is 1.39. The highest BCUT2D eigenvalue weighted by Gasteiger charge is 2.71. The topological polar surface area (TPSA) is 113 Å². The predicted octanol–water partition coefficient (Wildman–Crippen LogP) is 8.72. The van der Waals surface area contributed by atoms with Crippen LogP contribution in [0.15, 0.2) is 12.2 Å². The number of amides is 1. The van der Waals surface area contributed by atoms with Gasteiger partial charge in [0.25, 0.3) is 0 Å². The number of carboxylic acid groups (broad SMARTS) is 1. The van der Waals surface area contributed by atoms with Crippen molar-refractivity contribution in [3.63, 3.8) is 0 Å². The van der Waals surface area contributed by atoms with Crippen LogP contribution in [0.4, 0.5) is 0 Å². The van der Waals surface area contributed by atoms with Crippen molar-refractivity contribution in [1.82, 2.24) is 5.32 Å². The first-order valence-corrected chi connectivity index (χ1v) is 19.5. The zero-order valence-electron chi connectivity index (χ0n) is 32.6. The number of esters is 1. The van der Waals surface area contributed by atoms with Crippen LogP contribution in [0, 0.1) is 62.1 Å². The van der Waals surface area contributed by atoms with Gasteiger partial charge in [-0.1, -0.05) is 60.6 Å². The predicted molar refractivity (Wildman–Crippen MR) is 193 cm³/mol. The summed E-state index contributed by atoms with van der Waals surface area (Å²) < 4.78 is 6.26. The number of ether oxygens (including phenoxy) is 1. The number of allylic oxidation sites excluding steroid dienone is 1. The van der Waals surface area contributed by atoms with E-state index in [9.17, 15) is 24.6 Å². The molecule has 10 atom stereocenters. The molecule has 0 radical (unpaired) electrons. The Bertz CT molecular complexity index is 1330. The summed E-state index contributed by atoms with van der Waals surface area (Å²) in [6.07, 6.45) is 11.4. The molecule has 5 fully saturated rings. The first-order chi connectivity index (χ1) is 22.5. The van der Waals surface area contributed by atoms with Gasteiger partial charge in [-0.2, -0.15) is 0 Å². The average molecular weight is 684 g/mol. The Morgan fingerprint density at radius 1 is 0.837 bits per heavy atom. The molecule has 0 aliphatic heterocycles. The van der Waals surface area contributed by atoms with E-state index in [0.29, 0.717) is 36.0 Å². The molecule has 0 saturated heterocycles. The lowest BCUT2D eigenvalue weighted by atomic mass is 9.32. The number of fused-ring (bicyclic) bond motifs is 7. The molecule has 7 nitrogen and oxygen atoms in total. The van der Waals surface area contributed by atoms with Crippen LogP contribution in [0.3, 0.4) is 0 Å². The van der Waals surface area contributed by atoms with E-state index in [-0.39, 0.29) is 64.5 Å². The molecule has 7 heteroatoms. The number of aliphatic hydroxyl groups excluding tert-OH is 1. The van der Waals surface area contributed by atoms with Gasteiger partial charge in [0.1, 0.15) is 6.10 Å². The Morgan fingerprint density at radius 3 is 2.12 bits per heavy atom. The number of carbonyl (C=O) groups is 3. The summed E-state index contributed by atoms with van der Waals surface area (Å²) in [4.78, 5) is 38.2. The van der Waals surface area contributed by atoms with Crippen LogP contribution in [0.1, 0.15) is 153 Å². The SMILES string of the molecule is C=C(C)[C@@H]1CC[C@]2(CC(=O)NC(C)(C)CO)CC[C@]3(C)[C@H](CCC4[C@@]5(C)CC[C@H](OC(=O)CC(C)(C)CC(=O)O)C(C)(C)C5CC[C@]43C)C12. The van der Waals surface area contributed by atoms with Crippen molar-refractivity contribution >= 4 is 17.8 Å². The van der Waals surface area contributed by atoms with Crippen molar-refractivity contribution in [3.8, 4) is 0 Å². The number of hydrogen-bond donors (Lipinski definition) is 3.